The third-order valence-electron chi connectivity index (χ3n) is 3.05. The Hall–Kier alpha value is -1.76. The second-order valence-corrected chi connectivity index (χ2v) is 7.70. The highest BCUT2D eigenvalue weighted by atomic mass is 32.2. The van der Waals surface area contributed by atoms with E-state index < -0.39 is 15.1 Å². The Balaban J connectivity index is 2.55. The van der Waals surface area contributed by atoms with Gasteiger partial charge in [0.1, 0.15) is 5.75 Å². The van der Waals surface area contributed by atoms with Gasteiger partial charge in [-0.15, -0.1) is 0 Å². The van der Waals surface area contributed by atoms with Gasteiger partial charge in [-0.3, -0.25) is 4.79 Å². The number of carbonyl (C=O) groups excluding carboxylic acids is 1. The van der Waals surface area contributed by atoms with Crippen LogP contribution in [0, 0.1) is 0 Å². The van der Waals surface area contributed by atoms with Crippen LogP contribution in [0.2, 0.25) is 0 Å². The van der Waals surface area contributed by atoms with E-state index in [9.17, 15) is 13.2 Å². The highest BCUT2D eigenvalue weighted by molar-refractivity contribution is 7.91. The predicted octanol–water partition coefficient (Wildman–Crippen LogP) is 1.82. The molecular formula is C14H22N2O4S. The number of nitrogens with two attached hydrogens (primary N) is 1. The molecule has 0 unspecified atom stereocenters. The monoisotopic (exact) mass is 314 g/mol. The SMILES string of the molecule is COc1cc(N)ccc1NC(=O)CCCS(=O)(=O)C(C)C. The van der Waals surface area contributed by atoms with E-state index in [4.69, 9.17) is 10.5 Å². The van der Waals surface area contributed by atoms with E-state index in [1.54, 1.807) is 32.0 Å². The average molecular weight is 314 g/mol. The molecule has 0 aromatic heterocycles. The Morgan fingerprint density at radius 3 is 2.62 bits per heavy atom. The smallest absolute Gasteiger partial charge is 0.224 e. The summed E-state index contributed by atoms with van der Waals surface area (Å²) in [6.07, 6.45) is 0.434. The van der Waals surface area contributed by atoms with Gasteiger partial charge in [-0.05, 0) is 32.4 Å². The first-order chi connectivity index (χ1) is 9.76. The lowest BCUT2D eigenvalue weighted by Crippen LogP contribution is -2.19. The summed E-state index contributed by atoms with van der Waals surface area (Å²) in [6.45, 7) is 3.27. The van der Waals surface area contributed by atoms with E-state index >= 15 is 0 Å². The van der Waals surface area contributed by atoms with E-state index in [2.05, 4.69) is 5.32 Å². The van der Waals surface area contributed by atoms with Gasteiger partial charge in [0.15, 0.2) is 9.84 Å². The van der Waals surface area contributed by atoms with Gasteiger partial charge in [-0.25, -0.2) is 8.42 Å². The zero-order chi connectivity index (χ0) is 16.0. The molecule has 0 saturated heterocycles. The van der Waals surface area contributed by atoms with Crippen molar-refractivity contribution in [3.8, 4) is 5.75 Å². The lowest BCUT2D eigenvalue weighted by atomic mass is 10.2. The Bertz CT molecular complexity index is 597. The zero-order valence-electron chi connectivity index (χ0n) is 12.5. The Morgan fingerprint density at radius 2 is 2.05 bits per heavy atom. The number of sulfone groups is 1. The fraction of sp³-hybridized carbons (Fsp3) is 0.500. The molecular weight excluding hydrogens is 292 g/mol. The summed E-state index contributed by atoms with van der Waals surface area (Å²) in [6, 6.07) is 4.91. The molecule has 0 atom stereocenters. The number of ether oxygens (including phenoxy) is 1. The van der Waals surface area contributed by atoms with Crippen molar-refractivity contribution in [3.05, 3.63) is 18.2 Å². The van der Waals surface area contributed by atoms with Gasteiger partial charge < -0.3 is 15.8 Å². The molecule has 3 N–H and O–H groups in total. The topological polar surface area (TPSA) is 98.5 Å². The molecule has 0 aliphatic carbocycles. The normalized spacial score (nSPS) is 11.4. The number of amides is 1. The first-order valence-electron chi connectivity index (χ1n) is 6.71. The molecule has 7 heteroatoms. The van der Waals surface area contributed by atoms with Crippen molar-refractivity contribution in [1.29, 1.82) is 0 Å². The second-order valence-electron chi connectivity index (χ2n) is 5.03. The standard InChI is InChI=1S/C14H22N2O4S/c1-10(2)21(18,19)8-4-5-14(17)16-12-7-6-11(15)9-13(12)20-3/h6-7,9-10H,4-5,8,15H2,1-3H3,(H,16,17). The minimum Gasteiger partial charge on any atom is -0.494 e. The Morgan fingerprint density at radius 1 is 1.38 bits per heavy atom. The summed E-state index contributed by atoms with van der Waals surface area (Å²) in [4.78, 5) is 11.8. The van der Waals surface area contributed by atoms with Crippen LogP contribution in [0.5, 0.6) is 5.75 Å². The number of carbonyl (C=O) groups is 1. The maximum absolute atomic E-state index is 11.8. The summed E-state index contributed by atoms with van der Waals surface area (Å²) in [5.74, 6) is 0.229. The van der Waals surface area contributed by atoms with Crippen LogP contribution in [0.4, 0.5) is 11.4 Å². The molecule has 0 saturated carbocycles. The molecule has 1 aromatic carbocycles. The van der Waals surface area contributed by atoms with Crippen LogP contribution in [0.3, 0.4) is 0 Å². The van der Waals surface area contributed by atoms with Gasteiger partial charge in [0.2, 0.25) is 5.91 Å². The molecule has 1 rings (SSSR count). The van der Waals surface area contributed by atoms with E-state index in [-0.39, 0.29) is 18.1 Å². The van der Waals surface area contributed by atoms with Crippen molar-refractivity contribution >= 4 is 27.1 Å². The average Bonchev–Trinajstić information content (AvgIpc) is 2.40. The molecule has 1 amide bonds. The maximum atomic E-state index is 11.8. The van der Waals surface area contributed by atoms with Gasteiger partial charge in [0.05, 0.1) is 23.8 Å². The van der Waals surface area contributed by atoms with Crippen LogP contribution in [-0.2, 0) is 14.6 Å². The quantitative estimate of drug-likeness (QED) is 0.748. The van der Waals surface area contributed by atoms with Gasteiger partial charge in [0, 0.05) is 18.2 Å². The number of anilines is 2. The van der Waals surface area contributed by atoms with E-state index in [1.807, 2.05) is 0 Å². The summed E-state index contributed by atoms with van der Waals surface area (Å²) >= 11 is 0. The third kappa shape index (κ3) is 5.26. The zero-order valence-corrected chi connectivity index (χ0v) is 13.4. The molecule has 0 aliphatic rings. The van der Waals surface area contributed by atoms with Gasteiger partial charge in [-0.1, -0.05) is 0 Å². The van der Waals surface area contributed by atoms with Gasteiger partial charge in [-0.2, -0.15) is 0 Å². The van der Waals surface area contributed by atoms with Crippen LogP contribution < -0.4 is 15.8 Å². The summed E-state index contributed by atoms with van der Waals surface area (Å²) in [5, 5.41) is 2.27. The van der Waals surface area contributed by atoms with Crippen LogP contribution in [-0.4, -0.2) is 32.4 Å². The summed E-state index contributed by atoms with van der Waals surface area (Å²) in [7, 11) is -1.62. The van der Waals surface area contributed by atoms with Gasteiger partial charge in [0.25, 0.3) is 0 Å². The van der Waals surface area contributed by atoms with Gasteiger partial charge >= 0.3 is 0 Å². The summed E-state index contributed by atoms with van der Waals surface area (Å²) in [5.41, 5.74) is 6.68. The molecule has 0 bridgehead atoms. The van der Waals surface area contributed by atoms with Crippen LogP contribution >= 0.6 is 0 Å². The first-order valence-corrected chi connectivity index (χ1v) is 8.42. The first kappa shape index (κ1) is 17.3. The number of nitrogen functional groups attached to an aromatic ring is 1. The summed E-state index contributed by atoms with van der Waals surface area (Å²) < 4.78 is 28.4. The fourth-order valence-corrected chi connectivity index (χ4v) is 2.71. The Labute approximate surface area is 125 Å². The second kappa shape index (κ2) is 7.31. The molecule has 0 fully saturated rings. The van der Waals surface area contributed by atoms with Crippen molar-refractivity contribution in [2.75, 3.05) is 23.9 Å². The molecule has 0 heterocycles. The molecule has 1 aromatic rings. The minimum atomic E-state index is -3.11. The predicted molar refractivity (Wildman–Crippen MR) is 84.2 cm³/mol. The van der Waals surface area contributed by atoms with E-state index in [1.165, 1.54) is 7.11 Å². The van der Waals surface area contributed by atoms with Crippen molar-refractivity contribution in [2.45, 2.75) is 31.9 Å². The lowest BCUT2D eigenvalue weighted by Gasteiger charge is -2.11. The number of benzene rings is 1. The molecule has 21 heavy (non-hydrogen) atoms. The van der Waals surface area contributed by atoms with E-state index in [0.717, 1.165) is 0 Å². The van der Waals surface area contributed by atoms with Crippen molar-refractivity contribution in [1.82, 2.24) is 0 Å². The Kier molecular flexibility index (Phi) is 6.02. The van der Waals surface area contributed by atoms with Crippen LogP contribution in [0.25, 0.3) is 0 Å². The van der Waals surface area contributed by atoms with E-state index in [0.29, 0.717) is 23.5 Å². The maximum Gasteiger partial charge on any atom is 0.224 e. The molecule has 6 nitrogen and oxygen atoms in total. The lowest BCUT2D eigenvalue weighted by molar-refractivity contribution is -0.116. The number of methoxy groups -OCH3 is 1. The van der Waals surface area contributed by atoms with Crippen LogP contribution in [0.1, 0.15) is 26.7 Å². The highest BCUT2D eigenvalue weighted by Gasteiger charge is 2.16. The number of hydrogen-bond acceptors (Lipinski definition) is 5. The number of rotatable bonds is 7. The third-order valence-corrected chi connectivity index (χ3v) is 5.34. The van der Waals surface area contributed by atoms with Crippen molar-refractivity contribution in [2.24, 2.45) is 0 Å². The number of nitrogens with one attached hydrogen (secondary N) is 1. The molecule has 0 spiro atoms. The largest absolute Gasteiger partial charge is 0.494 e. The van der Waals surface area contributed by atoms with Crippen molar-refractivity contribution < 1.29 is 17.9 Å². The molecule has 118 valence electrons. The van der Waals surface area contributed by atoms with Crippen molar-refractivity contribution in [3.63, 3.8) is 0 Å². The minimum absolute atomic E-state index is 0.0109. The molecule has 0 aliphatic heterocycles. The highest BCUT2D eigenvalue weighted by Crippen LogP contribution is 2.26. The number of hydrogen-bond donors (Lipinski definition) is 2. The molecule has 0 radical (unpaired) electrons. The van der Waals surface area contributed by atoms with Crippen LogP contribution in [0.15, 0.2) is 18.2 Å². The fourth-order valence-electron chi connectivity index (χ4n) is 1.69.